The van der Waals surface area contributed by atoms with Crippen LogP contribution in [-0.2, 0) is 18.9 Å². The van der Waals surface area contributed by atoms with E-state index in [0.29, 0.717) is 0 Å². The molecule has 2 heterocycles. The molecule has 2 fully saturated rings. The van der Waals surface area contributed by atoms with Gasteiger partial charge in [0.15, 0.2) is 6.29 Å². The molecule has 0 N–H and O–H groups in total. The number of rotatable bonds is 5. The van der Waals surface area contributed by atoms with E-state index in [0.717, 1.165) is 0 Å². The molecule has 0 radical (unpaired) electrons. The van der Waals surface area contributed by atoms with E-state index < -0.39 is 17.2 Å². The summed E-state index contributed by atoms with van der Waals surface area (Å²) in [5, 5.41) is 10.5. The van der Waals surface area contributed by atoms with E-state index >= 15 is 0 Å². The molecule has 0 aromatic heterocycles. The number of nitrogens with zero attached hydrogens (tertiary/aromatic N) is 1. The molecule has 4 unspecified atom stereocenters. The maximum atomic E-state index is 11.8. The topological polar surface area (TPSA) is 100 Å². The van der Waals surface area contributed by atoms with E-state index in [4.69, 9.17) is 18.9 Å². The molecule has 112 valence electrons. The Morgan fingerprint density at radius 3 is 2.57 bits per heavy atom. The van der Waals surface area contributed by atoms with Crippen molar-refractivity contribution >= 4 is 11.7 Å². The summed E-state index contributed by atoms with van der Waals surface area (Å²) >= 11 is 0. The van der Waals surface area contributed by atoms with E-state index in [-0.39, 0.29) is 36.2 Å². The Bertz CT molecular complexity index is 558. The predicted molar refractivity (Wildman–Crippen MR) is 67.7 cm³/mol. The van der Waals surface area contributed by atoms with E-state index in [9.17, 15) is 14.9 Å². The summed E-state index contributed by atoms with van der Waals surface area (Å²) in [6.45, 7) is 0.0524. The van der Waals surface area contributed by atoms with E-state index in [1.807, 2.05) is 0 Å². The maximum Gasteiger partial charge on any atom is 0.338 e. The van der Waals surface area contributed by atoms with E-state index in [2.05, 4.69) is 0 Å². The van der Waals surface area contributed by atoms with Crippen molar-refractivity contribution < 1.29 is 28.7 Å². The van der Waals surface area contributed by atoms with E-state index in [1.54, 1.807) is 0 Å². The first kappa shape index (κ1) is 13.9. The predicted octanol–water partition coefficient (Wildman–Crippen LogP) is 0.890. The quantitative estimate of drug-likeness (QED) is 0.344. The molecule has 8 heteroatoms. The number of nitro groups is 1. The third-order valence-electron chi connectivity index (χ3n) is 3.43. The number of hydrogen-bond acceptors (Lipinski definition) is 7. The highest BCUT2D eigenvalue weighted by molar-refractivity contribution is 5.89. The first-order valence-electron chi connectivity index (χ1n) is 6.35. The Morgan fingerprint density at radius 1 is 1.29 bits per heavy atom. The average Bonchev–Trinajstić information content (AvgIpc) is 3.21. The zero-order chi connectivity index (χ0) is 15.0. The van der Waals surface area contributed by atoms with Crippen LogP contribution in [0.25, 0.3) is 0 Å². The summed E-state index contributed by atoms with van der Waals surface area (Å²) in [4.78, 5) is 21.8. The summed E-state index contributed by atoms with van der Waals surface area (Å²) in [6.07, 6.45) is -0.947. The van der Waals surface area contributed by atoms with Gasteiger partial charge in [-0.05, 0) is 12.1 Å². The monoisotopic (exact) mass is 295 g/mol. The molecular formula is C13H13NO7. The molecule has 2 aliphatic rings. The third kappa shape index (κ3) is 2.73. The summed E-state index contributed by atoms with van der Waals surface area (Å²) in [7, 11) is 1.52. The van der Waals surface area contributed by atoms with Gasteiger partial charge in [0.05, 0.1) is 10.5 Å². The number of fused-ring (bicyclic) bond motifs is 1. The minimum atomic E-state index is -0.563. The first-order valence-corrected chi connectivity index (χ1v) is 6.35. The fourth-order valence-electron chi connectivity index (χ4n) is 2.27. The number of hydrogen-bond donors (Lipinski definition) is 0. The van der Waals surface area contributed by atoms with Gasteiger partial charge in [0.2, 0.25) is 0 Å². The van der Waals surface area contributed by atoms with Crippen molar-refractivity contribution in [2.45, 2.75) is 24.6 Å². The number of nitro benzene ring substituents is 1. The zero-order valence-corrected chi connectivity index (χ0v) is 11.1. The largest absolute Gasteiger partial charge is 0.459 e. The van der Waals surface area contributed by atoms with Gasteiger partial charge in [-0.1, -0.05) is 0 Å². The molecule has 0 aliphatic carbocycles. The van der Waals surface area contributed by atoms with Gasteiger partial charge < -0.3 is 18.9 Å². The number of methoxy groups -OCH3 is 1. The van der Waals surface area contributed by atoms with Gasteiger partial charge in [-0.25, -0.2) is 4.79 Å². The van der Waals surface area contributed by atoms with Gasteiger partial charge in [-0.3, -0.25) is 10.1 Å². The van der Waals surface area contributed by atoms with Crippen LogP contribution in [0.15, 0.2) is 24.3 Å². The fourth-order valence-corrected chi connectivity index (χ4v) is 2.27. The lowest BCUT2D eigenvalue weighted by Crippen LogP contribution is -2.26. The SMILES string of the molecule is COC1OC(COC(=O)c2ccc([N+](=O)[O-])cc2)C2OC12. The van der Waals surface area contributed by atoms with Crippen molar-refractivity contribution in [2.75, 3.05) is 13.7 Å². The van der Waals surface area contributed by atoms with Crippen LogP contribution < -0.4 is 0 Å². The summed E-state index contributed by atoms with van der Waals surface area (Å²) < 4.78 is 21.0. The summed E-state index contributed by atoms with van der Waals surface area (Å²) in [5.41, 5.74) is 0.165. The lowest BCUT2D eigenvalue weighted by molar-refractivity contribution is -0.384. The van der Waals surface area contributed by atoms with Crippen LogP contribution >= 0.6 is 0 Å². The Morgan fingerprint density at radius 2 is 2.00 bits per heavy atom. The second kappa shape index (κ2) is 5.40. The van der Waals surface area contributed by atoms with Crippen LogP contribution in [0, 0.1) is 10.1 Å². The van der Waals surface area contributed by atoms with Gasteiger partial charge in [0, 0.05) is 19.2 Å². The zero-order valence-electron chi connectivity index (χ0n) is 11.1. The molecule has 1 aromatic rings. The molecular weight excluding hydrogens is 282 g/mol. The van der Waals surface area contributed by atoms with Crippen LogP contribution in [0.4, 0.5) is 5.69 Å². The molecule has 4 atom stereocenters. The number of carbonyl (C=O) groups excluding carboxylic acids is 1. The summed E-state index contributed by atoms with van der Waals surface area (Å²) in [5.74, 6) is -0.563. The lowest BCUT2D eigenvalue weighted by Gasteiger charge is -2.16. The standard InChI is InChI=1S/C13H13NO7/c1-18-13-11-10(21-11)9(20-13)6-19-12(15)7-2-4-8(5-3-7)14(16)17/h2-5,9-11,13H,6H2,1H3. The van der Waals surface area contributed by atoms with Crippen LogP contribution in [0.1, 0.15) is 10.4 Å². The molecule has 3 rings (SSSR count). The number of epoxide rings is 1. The Balaban J connectivity index is 1.54. The van der Waals surface area contributed by atoms with Crippen molar-refractivity contribution in [1.82, 2.24) is 0 Å². The normalized spacial score (nSPS) is 29.8. The average molecular weight is 295 g/mol. The minimum Gasteiger partial charge on any atom is -0.459 e. The van der Waals surface area contributed by atoms with Crippen molar-refractivity contribution in [3.05, 3.63) is 39.9 Å². The minimum absolute atomic E-state index is 0.0524. The maximum absolute atomic E-state index is 11.8. The van der Waals surface area contributed by atoms with Gasteiger partial charge in [-0.15, -0.1) is 0 Å². The van der Waals surface area contributed by atoms with Gasteiger partial charge in [0.1, 0.15) is 24.9 Å². The Labute approximate surface area is 119 Å². The van der Waals surface area contributed by atoms with Crippen molar-refractivity contribution in [1.29, 1.82) is 0 Å². The molecule has 2 saturated heterocycles. The highest BCUT2D eigenvalue weighted by Gasteiger charge is 2.58. The first-order chi connectivity index (χ1) is 10.1. The van der Waals surface area contributed by atoms with Crippen LogP contribution in [0.2, 0.25) is 0 Å². The number of non-ortho nitro benzene ring substituents is 1. The van der Waals surface area contributed by atoms with Crippen molar-refractivity contribution in [2.24, 2.45) is 0 Å². The van der Waals surface area contributed by atoms with Gasteiger partial charge in [0.25, 0.3) is 5.69 Å². The summed E-state index contributed by atoms with van der Waals surface area (Å²) in [6, 6.07) is 5.21. The molecule has 1 aromatic carbocycles. The Hall–Kier alpha value is -2.03. The molecule has 0 saturated carbocycles. The molecule has 2 aliphatic heterocycles. The number of carbonyl (C=O) groups is 1. The van der Waals surface area contributed by atoms with Crippen LogP contribution in [-0.4, -0.2) is 49.2 Å². The van der Waals surface area contributed by atoms with Gasteiger partial charge in [-0.2, -0.15) is 0 Å². The second-order valence-corrected chi connectivity index (χ2v) is 4.75. The number of esters is 1. The fraction of sp³-hybridized carbons (Fsp3) is 0.462. The molecule has 0 amide bonds. The van der Waals surface area contributed by atoms with Crippen molar-refractivity contribution in [3.63, 3.8) is 0 Å². The Kier molecular flexibility index (Phi) is 3.58. The molecule has 8 nitrogen and oxygen atoms in total. The third-order valence-corrected chi connectivity index (χ3v) is 3.43. The van der Waals surface area contributed by atoms with Crippen molar-refractivity contribution in [3.8, 4) is 0 Å². The molecule has 0 spiro atoms. The van der Waals surface area contributed by atoms with Crippen LogP contribution in [0.3, 0.4) is 0 Å². The highest BCUT2D eigenvalue weighted by Crippen LogP contribution is 2.39. The number of ether oxygens (including phenoxy) is 4. The molecule has 0 bridgehead atoms. The molecule has 21 heavy (non-hydrogen) atoms. The lowest BCUT2D eigenvalue weighted by atomic mass is 10.2. The second-order valence-electron chi connectivity index (χ2n) is 4.75. The van der Waals surface area contributed by atoms with Crippen LogP contribution in [0.5, 0.6) is 0 Å². The number of benzene rings is 1. The smallest absolute Gasteiger partial charge is 0.338 e. The van der Waals surface area contributed by atoms with E-state index in [1.165, 1.54) is 31.4 Å². The van der Waals surface area contributed by atoms with Gasteiger partial charge >= 0.3 is 5.97 Å². The highest BCUT2D eigenvalue weighted by atomic mass is 16.8.